The summed E-state index contributed by atoms with van der Waals surface area (Å²) < 4.78 is 11.6. The molecule has 0 fully saturated rings. The zero-order chi connectivity index (χ0) is 22.9. The van der Waals surface area contributed by atoms with Gasteiger partial charge in [0, 0.05) is 15.6 Å². The first-order chi connectivity index (χ1) is 16.0. The highest BCUT2D eigenvalue weighted by molar-refractivity contribution is 7.25. The number of methoxy groups -OCH3 is 1. The molecule has 2 heterocycles. The van der Waals surface area contributed by atoms with Crippen LogP contribution in [0.5, 0.6) is 11.5 Å². The van der Waals surface area contributed by atoms with Crippen molar-refractivity contribution in [2.45, 2.75) is 0 Å². The van der Waals surface area contributed by atoms with E-state index in [0.717, 1.165) is 21.2 Å². The fourth-order valence-electron chi connectivity index (χ4n) is 3.70. The second kappa shape index (κ2) is 8.40. The van der Waals surface area contributed by atoms with Gasteiger partial charge in [0.2, 0.25) is 0 Å². The van der Waals surface area contributed by atoms with E-state index in [1.807, 2.05) is 30.3 Å². The van der Waals surface area contributed by atoms with E-state index in [-0.39, 0.29) is 5.56 Å². The van der Waals surface area contributed by atoms with Gasteiger partial charge < -0.3 is 19.6 Å². The topological polar surface area (TPSA) is 102 Å². The number of nitrogens with zero attached hydrogens (tertiary/aromatic N) is 1. The Labute approximate surface area is 191 Å². The van der Waals surface area contributed by atoms with Crippen molar-refractivity contribution in [1.29, 1.82) is 0 Å². The molecule has 0 bridgehead atoms. The van der Waals surface area contributed by atoms with E-state index in [1.54, 1.807) is 18.2 Å². The molecule has 0 unspecified atom stereocenters. The van der Waals surface area contributed by atoms with Gasteiger partial charge in [0.25, 0.3) is 5.56 Å². The van der Waals surface area contributed by atoms with E-state index < -0.39 is 12.6 Å². The Morgan fingerprint density at radius 1 is 1.00 bits per heavy atom. The van der Waals surface area contributed by atoms with Crippen LogP contribution in [0.4, 0.5) is 0 Å². The molecule has 0 radical (unpaired) electrons. The number of nitrogens with one attached hydrogen (secondary N) is 1. The van der Waals surface area contributed by atoms with Crippen LogP contribution in [0.3, 0.4) is 0 Å². The summed E-state index contributed by atoms with van der Waals surface area (Å²) in [5.74, 6) is -0.0501. The molecule has 0 aliphatic carbocycles. The van der Waals surface area contributed by atoms with Gasteiger partial charge in [-0.25, -0.2) is 9.78 Å². The molecule has 164 valence electrons. The molecular formula is C25H18N2O5S. The van der Waals surface area contributed by atoms with Crippen molar-refractivity contribution in [2.75, 3.05) is 13.7 Å². The first-order valence-corrected chi connectivity index (χ1v) is 10.9. The largest absolute Gasteiger partial charge is 0.493 e. The van der Waals surface area contributed by atoms with E-state index >= 15 is 0 Å². The van der Waals surface area contributed by atoms with Crippen LogP contribution >= 0.6 is 11.3 Å². The monoisotopic (exact) mass is 458 g/mol. The van der Waals surface area contributed by atoms with Gasteiger partial charge in [-0.2, -0.15) is 0 Å². The number of rotatable bonds is 6. The predicted molar refractivity (Wildman–Crippen MR) is 128 cm³/mol. The summed E-state index contributed by atoms with van der Waals surface area (Å²) in [6.07, 6.45) is 0. The van der Waals surface area contributed by atoms with E-state index in [9.17, 15) is 9.59 Å². The standard InChI is InChI=1S/C25H18N2O5S/c1-31-19-11-16(8-10-18(19)32-13-21(28)29)23-26-24(30)22-17-9-7-15(14-5-3-2-4-6-14)12-20(17)33-25(22)27-23/h2-12H,13H2,1H3,(H,28,29)(H,26,27,30). The molecule has 3 aromatic carbocycles. The van der Waals surface area contributed by atoms with E-state index in [0.29, 0.717) is 33.1 Å². The predicted octanol–water partition coefficient (Wildman–Crippen LogP) is 4.94. The number of benzene rings is 3. The molecule has 2 N–H and O–H groups in total. The minimum Gasteiger partial charge on any atom is -0.493 e. The van der Waals surface area contributed by atoms with Gasteiger partial charge in [0.1, 0.15) is 10.7 Å². The van der Waals surface area contributed by atoms with Gasteiger partial charge in [-0.1, -0.05) is 42.5 Å². The van der Waals surface area contributed by atoms with Gasteiger partial charge in [-0.3, -0.25) is 4.79 Å². The number of carbonyl (C=O) groups is 1. The van der Waals surface area contributed by atoms with Crippen molar-refractivity contribution in [3.63, 3.8) is 0 Å². The molecule has 0 atom stereocenters. The molecule has 0 aliphatic heterocycles. The summed E-state index contributed by atoms with van der Waals surface area (Å²) in [6.45, 7) is -0.483. The molecule has 2 aromatic heterocycles. The quantitative estimate of drug-likeness (QED) is 0.374. The third kappa shape index (κ3) is 3.92. The molecule has 7 nitrogen and oxygen atoms in total. The van der Waals surface area contributed by atoms with Crippen molar-refractivity contribution < 1.29 is 19.4 Å². The van der Waals surface area contributed by atoms with Crippen LogP contribution < -0.4 is 15.0 Å². The average Bonchev–Trinajstić information content (AvgIpc) is 3.21. The van der Waals surface area contributed by atoms with Crippen molar-refractivity contribution in [3.8, 4) is 34.0 Å². The zero-order valence-corrected chi connectivity index (χ0v) is 18.3. The molecule has 0 spiro atoms. The first kappa shape index (κ1) is 20.7. The number of carboxylic acid groups (broad SMARTS) is 1. The molecule has 33 heavy (non-hydrogen) atoms. The van der Waals surface area contributed by atoms with Gasteiger partial charge in [-0.15, -0.1) is 11.3 Å². The van der Waals surface area contributed by atoms with Crippen LogP contribution in [-0.4, -0.2) is 34.8 Å². The van der Waals surface area contributed by atoms with Crippen LogP contribution in [0, 0.1) is 0 Å². The number of thiophene rings is 1. The van der Waals surface area contributed by atoms with E-state index in [1.165, 1.54) is 18.4 Å². The summed E-state index contributed by atoms with van der Waals surface area (Å²) in [6, 6.07) is 21.1. The number of aromatic nitrogens is 2. The Balaban J connectivity index is 1.58. The number of ether oxygens (including phenoxy) is 2. The third-order valence-electron chi connectivity index (χ3n) is 5.24. The lowest BCUT2D eigenvalue weighted by molar-refractivity contribution is -0.139. The SMILES string of the molecule is COc1cc(-c2nc3sc4cc(-c5ccccc5)ccc4c3c(=O)[nH]2)ccc1OCC(=O)O. The lowest BCUT2D eigenvalue weighted by atomic mass is 10.0. The highest BCUT2D eigenvalue weighted by Crippen LogP contribution is 2.36. The first-order valence-electron chi connectivity index (χ1n) is 10.1. The number of aromatic amines is 1. The Bertz CT molecular complexity index is 1560. The number of hydrogen-bond donors (Lipinski definition) is 2. The summed E-state index contributed by atoms with van der Waals surface area (Å²) in [5.41, 5.74) is 2.58. The molecule has 0 aliphatic rings. The maximum absolute atomic E-state index is 13.0. The number of fused-ring (bicyclic) bond motifs is 3. The maximum Gasteiger partial charge on any atom is 0.341 e. The molecule has 0 amide bonds. The minimum absolute atomic E-state index is 0.223. The molecule has 5 rings (SSSR count). The summed E-state index contributed by atoms with van der Waals surface area (Å²) in [4.78, 5) is 32.0. The minimum atomic E-state index is -1.09. The summed E-state index contributed by atoms with van der Waals surface area (Å²) in [7, 11) is 1.46. The van der Waals surface area contributed by atoms with Gasteiger partial charge in [-0.05, 0) is 35.4 Å². The number of carboxylic acids is 1. The summed E-state index contributed by atoms with van der Waals surface area (Å²) in [5, 5.41) is 10.3. The van der Waals surface area contributed by atoms with E-state index in [2.05, 4.69) is 23.2 Å². The average molecular weight is 458 g/mol. The maximum atomic E-state index is 13.0. The van der Waals surface area contributed by atoms with Crippen molar-refractivity contribution in [2.24, 2.45) is 0 Å². The third-order valence-corrected chi connectivity index (χ3v) is 6.29. The highest BCUT2D eigenvalue weighted by atomic mass is 32.1. The van der Waals surface area contributed by atoms with E-state index in [4.69, 9.17) is 19.6 Å². The highest BCUT2D eigenvalue weighted by Gasteiger charge is 2.15. The Kier molecular flexibility index (Phi) is 5.27. The fourth-order valence-corrected chi connectivity index (χ4v) is 4.82. The van der Waals surface area contributed by atoms with Crippen LogP contribution in [0.2, 0.25) is 0 Å². The van der Waals surface area contributed by atoms with Crippen LogP contribution in [0.25, 0.3) is 42.8 Å². The number of aliphatic carboxylic acids is 1. The number of H-pyrrole nitrogens is 1. The van der Waals surface area contributed by atoms with Crippen LogP contribution in [0.15, 0.2) is 71.5 Å². The second-order valence-electron chi connectivity index (χ2n) is 7.32. The lowest BCUT2D eigenvalue weighted by Gasteiger charge is -2.10. The van der Waals surface area contributed by atoms with Gasteiger partial charge >= 0.3 is 5.97 Å². The molecule has 0 saturated carbocycles. The van der Waals surface area contributed by atoms with Crippen molar-refractivity contribution in [1.82, 2.24) is 9.97 Å². The molecular weight excluding hydrogens is 440 g/mol. The molecule has 8 heteroatoms. The Morgan fingerprint density at radius 2 is 1.79 bits per heavy atom. The Morgan fingerprint density at radius 3 is 2.55 bits per heavy atom. The van der Waals surface area contributed by atoms with Crippen LogP contribution in [0.1, 0.15) is 0 Å². The smallest absolute Gasteiger partial charge is 0.341 e. The summed E-state index contributed by atoms with van der Waals surface area (Å²) >= 11 is 1.47. The lowest BCUT2D eigenvalue weighted by Crippen LogP contribution is -2.10. The van der Waals surface area contributed by atoms with Gasteiger partial charge in [0.05, 0.1) is 12.5 Å². The van der Waals surface area contributed by atoms with Crippen LogP contribution in [-0.2, 0) is 4.79 Å². The number of hydrogen-bond acceptors (Lipinski definition) is 6. The van der Waals surface area contributed by atoms with Gasteiger partial charge in [0.15, 0.2) is 18.1 Å². The normalized spacial score (nSPS) is 11.1. The van der Waals surface area contributed by atoms with Crippen molar-refractivity contribution >= 4 is 37.6 Å². The van der Waals surface area contributed by atoms with Crippen molar-refractivity contribution in [3.05, 3.63) is 77.1 Å². The molecule has 5 aromatic rings. The Hall–Kier alpha value is -4.17. The zero-order valence-electron chi connectivity index (χ0n) is 17.5. The fraction of sp³-hybridized carbons (Fsp3) is 0.0800. The second-order valence-corrected chi connectivity index (χ2v) is 8.35. The molecule has 0 saturated heterocycles.